The number of aryl methyl sites for hydroxylation is 1. The van der Waals surface area contributed by atoms with Crippen LogP contribution in [0.4, 0.5) is 4.39 Å². The summed E-state index contributed by atoms with van der Waals surface area (Å²) in [7, 11) is 0. The van der Waals surface area contributed by atoms with Crippen LogP contribution in [0.1, 0.15) is 21.3 Å². The zero-order chi connectivity index (χ0) is 12.7. The highest BCUT2D eigenvalue weighted by atomic mass is 32.1. The SMILES string of the molecule is Cc1nc(C(=O)c2cc3cccc(F)c3o2)cs1. The van der Waals surface area contributed by atoms with Gasteiger partial charge in [-0.05, 0) is 19.1 Å². The number of para-hydroxylation sites is 1. The molecule has 0 atom stereocenters. The first kappa shape index (κ1) is 11.1. The predicted molar refractivity (Wildman–Crippen MR) is 66.5 cm³/mol. The number of hydrogen-bond donors (Lipinski definition) is 0. The van der Waals surface area contributed by atoms with E-state index in [2.05, 4.69) is 4.98 Å². The highest BCUT2D eigenvalue weighted by molar-refractivity contribution is 7.09. The van der Waals surface area contributed by atoms with Crippen LogP contribution >= 0.6 is 11.3 Å². The first-order valence-corrected chi connectivity index (χ1v) is 6.18. The van der Waals surface area contributed by atoms with Gasteiger partial charge in [0.1, 0.15) is 5.69 Å². The van der Waals surface area contributed by atoms with Crippen LogP contribution in [0, 0.1) is 12.7 Å². The van der Waals surface area contributed by atoms with Gasteiger partial charge in [-0.2, -0.15) is 0 Å². The van der Waals surface area contributed by atoms with Crippen molar-refractivity contribution < 1.29 is 13.6 Å². The normalized spacial score (nSPS) is 11.0. The first-order valence-electron chi connectivity index (χ1n) is 5.30. The van der Waals surface area contributed by atoms with Crippen molar-refractivity contribution in [2.75, 3.05) is 0 Å². The van der Waals surface area contributed by atoms with E-state index in [4.69, 9.17) is 4.42 Å². The van der Waals surface area contributed by atoms with Gasteiger partial charge in [-0.25, -0.2) is 9.37 Å². The van der Waals surface area contributed by atoms with E-state index < -0.39 is 5.82 Å². The van der Waals surface area contributed by atoms with E-state index in [1.807, 2.05) is 6.92 Å². The van der Waals surface area contributed by atoms with Crippen LogP contribution in [-0.2, 0) is 0 Å². The molecule has 3 aromatic rings. The molecule has 0 saturated heterocycles. The van der Waals surface area contributed by atoms with E-state index in [1.54, 1.807) is 17.5 Å². The second-order valence-electron chi connectivity index (χ2n) is 3.85. The summed E-state index contributed by atoms with van der Waals surface area (Å²) in [6.45, 7) is 1.82. The van der Waals surface area contributed by atoms with Crippen LogP contribution in [0.25, 0.3) is 11.0 Å². The third-order valence-electron chi connectivity index (χ3n) is 2.57. The van der Waals surface area contributed by atoms with Crippen molar-refractivity contribution in [1.29, 1.82) is 0 Å². The number of furan rings is 1. The van der Waals surface area contributed by atoms with Crippen LogP contribution in [0.5, 0.6) is 0 Å². The number of nitrogens with zero attached hydrogens (tertiary/aromatic N) is 1. The maximum atomic E-state index is 13.5. The standard InChI is InChI=1S/C13H8FNO2S/c1-7-15-10(6-18-7)12(16)11-5-8-3-2-4-9(14)13(8)17-11/h2-6H,1H3. The molecule has 18 heavy (non-hydrogen) atoms. The van der Waals surface area contributed by atoms with Gasteiger partial charge in [0.2, 0.25) is 5.78 Å². The zero-order valence-electron chi connectivity index (χ0n) is 9.44. The van der Waals surface area contributed by atoms with E-state index in [9.17, 15) is 9.18 Å². The summed E-state index contributed by atoms with van der Waals surface area (Å²) >= 11 is 1.39. The molecule has 0 bridgehead atoms. The number of halogens is 1. The van der Waals surface area contributed by atoms with Gasteiger partial charge >= 0.3 is 0 Å². The lowest BCUT2D eigenvalue weighted by Crippen LogP contribution is -1.99. The van der Waals surface area contributed by atoms with Gasteiger partial charge in [0.15, 0.2) is 17.2 Å². The molecule has 0 amide bonds. The second-order valence-corrected chi connectivity index (χ2v) is 4.91. The highest BCUT2D eigenvalue weighted by Gasteiger charge is 2.18. The number of benzene rings is 1. The molecule has 0 fully saturated rings. The van der Waals surface area contributed by atoms with Gasteiger partial charge in [-0.3, -0.25) is 4.79 Å². The lowest BCUT2D eigenvalue weighted by atomic mass is 10.2. The third-order valence-corrected chi connectivity index (χ3v) is 3.35. The topological polar surface area (TPSA) is 43.1 Å². The Morgan fingerprint density at radius 3 is 2.94 bits per heavy atom. The van der Waals surface area contributed by atoms with Gasteiger partial charge in [-0.15, -0.1) is 11.3 Å². The van der Waals surface area contributed by atoms with E-state index in [0.29, 0.717) is 11.1 Å². The van der Waals surface area contributed by atoms with Crippen molar-refractivity contribution in [2.45, 2.75) is 6.92 Å². The smallest absolute Gasteiger partial charge is 0.247 e. The molecular formula is C13H8FNO2S. The Kier molecular flexibility index (Phi) is 2.48. The molecule has 5 heteroatoms. The molecule has 0 saturated carbocycles. The Morgan fingerprint density at radius 2 is 2.28 bits per heavy atom. The Morgan fingerprint density at radius 1 is 1.44 bits per heavy atom. The molecule has 0 unspecified atom stereocenters. The summed E-state index contributed by atoms with van der Waals surface area (Å²) < 4.78 is 18.7. The molecule has 90 valence electrons. The number of carbonyl (C=O) groups is 1. The lowest BCUT2D eigenvalue weighted by Gasteiger charge is -1.91. The fourth-order valence-corrected chi connectivity index (χ4v) is 2.33. The molecule has 0 spiro atoms. The number of thiazole rings is 1. The Labute approximate surface area is 106 Å². The Bertz CT molecular complexity index is 744. The van der Waals surface area contributed by atoms with Crippen LogP contribution in [0.2, 0.25) is 0 Å². The molecule has 2 aromatic heterocycles. The summed E-state index contributed by atoms with van der Waals surface area (Å²) in [5.41, 5.74) is 0.435. The van der Waals surface area contributed by atoms with Crippen LogP contribution in [0.15, 0.2) is 34.1 Å². The maximum absolute atomic E-state index is 13.5. The molecule has 3 nitrogen and oxygen atoms in total. The molecule has 0 aliphatic heterocycles. The average Bonchev–Trinajstić information content (AvgIpc) is 2.95. The third kappa shape index (κ3) is 1.73. The van der Waals surface area contributed by atoms with Crippen LogP contribution < -0.4 is 0 Å². The molecular weight excluding hydrogens is 253 g/mol. The van der Waals surface area contributed by atoms with Crippen LogP contribution in [-0.4, -0.2) is 10.8 Å². The number of aromatic nitrogens is 1. The zero-order valence-corrected chi connectivity index (χ0v) is 10.3. The maximum Gasteiger partial charge on any atom is 0.247 e. The van der Waals surface area contributed by atoms with Crippen molar-refractivity contribution >= 4 is 28.1 Å². The molecule has 0 N–H and O–H groups in total. The largest absolute Gasteiger partial charge is 0.449 e. The number of hydrogen-bond acceptors (Lipinski definition) is 4. The summed E-state index contributed by atoms with van der Waals surface area (Å²) in [5, 5.41) is 3.05. The summed E-state index contributed by atoms with van der Waals surface area (Å²) in [5.74, 6) is -0.684. The molecule has 1 aromatic carbocycles. The van der Waals surface area contributed by atoms with Gasteiger partial charge in [-0.1, -0.05) is 12.1 Å². The summed E-state index contributed by atoms with van der Waals surface area (Å²) in [6, 6.07) is 6.11. The summed E-state index contributed by atoms with van der Waals surface area (Å²) in [6.07, 6.45) is 0. The van der Waals surface area contributed by atoms with Gasteiger partial charge in [0.25, 0.3) is 0 Å². The quantitative estimate of drug-likeness (QED) is 0.662. The predicted octanol–water partition coefficient (Wildman–Crippen LogP) is 3.57. The molecule has 0 aliphatic rings. The van der Waals surface area contributed by atoms with Crippen molar-refractivity contribution in [3.05, 3.63) is 51.9 Å². The highest BCUT2D eigenvalue weighted by Crippen LogP contribution is 2.24. The molecule has 3 rings (SSSR count). The number of rotatable bonds is 2. The number of ketones is 1. The van der Waals surface area contributed by atoms with Crippen molar-refractivity contribution in [1.82, 2.24) is 4.98 Å². The fraction of sp³-hybridized carbons (Fsp3) is 0.0769. The van der Waals surface area contributed by atoms with Crippen molar-refractivity contribution in [3.63, 3.8) is 0 Å². The number of fused-ring (bicyclic) bond motifs is 1. The molecule has 2 heterocycles. The van der Waals surface area contributed by atoms with E-state index in [0.717, 1.165) is 5.01 Å². The van der Waals surface area contributed by atoms with Crippen molar-refractivity contribution in [3.8, 4) is 0 Å². The van der Waals surface area contributed by atoms with Gasteiger partial charge in [0.05, 0.1) is 5.01 Å². The minimum absolute atomic E-state index is 0.104. The molecule has 0 radical (unpaired) electrons. The minimum atomic E-state index is -0.471. The second kappa shape index (κ2) is 4.03. The van der Waals surface area contributed by atoms with Crippen LogP contribution in [0.3, 0.4) is 0 Å². The van der Waals surface area contributed by atoms with Crippen molar-refractivity contribution in [2.24, 2.45) is 0 Å². The lowest BCUT2D eigenvalue weighted by molar-refractivity contribution is 0.101. The van der Waals surface area contributed by atoms with E-state index in [1.165, 1.54) is 23.5 Å². The van der Waals surface area contributed by atoms with E-state index >= 15 is 0 Å². The average molecular weight is 261 g/mol. The first-order chi connectivity index (χ1) is 8.65. The monoisotopic (exact) mass is 261 g/mol. The number of carbonyl (C=O) groups excluding carboxylic acids is 1. The Balaban J connectivity index is 2.10. The van der Waals surface area contributed by atoms with Gasteiger partial charge in [0, 0.05) is 10.8 Å². The minimum Gasteiger partial charge on any atom is -0.449 e. The van der Waals surface area contributed by atoms with E-state index in [-0.39, 0.29) is 17.1 Å². The summed E-state index contributed by atoms with van der Waals surface area (Å²) in [4.78, 5) is 16.2. The van der Waals surface area contributed by atoms with Gasteiger partial charge < -0.3 is 4.42 Å². The Hall–Kier alpha value is -2.01. The molecule has 0 aliphatic carbocycles. The fourth-order valence-electron chi connectivity index (χ4n) is 1.73.